The van der Waals surface area contributed by atoms with Crippen molar-refractivity contribution >= 4 is 16.8 Å². The van der Waals surface area contributed by atoms with Gasteiger partial charge in [0.25, 0.3) is 11.5 Å². The Labute approximate surface area is 190 Å². The number of aromatic amines is 1. The molecule has 174 valence electrons. The molecule has 1 amide bonds. The van der Waals surface area contributed by atoms with Gasteiger partial charge in [0.05, 0.1) is 34.7 Å². The molecule has 8 heteroatoms. The molecule has 4 rings (SSSR count). The predicted molar refractivity (Wildman–Crippen MR) is 124 cm³/mol. The molecule has 0 aliphatic carbocycles. The molecule has 1 aliphatic rings. The first-order valence-electron chi connectivity index (χ1n) is 11.1. The summed E-state index contributed by atoms with van der Waals surface area (Å²) in [4.78, 5) is 41.6. The Morgan fingerprint density at radius 3 is 2.52 bits per heavy atom. The van der Waals surface area contributed by atoms with E-state index < -0.39 is 17.1 Å². The van der Waals surface area contributed by atoms with Gasteiger partial charge in [0.2, 0.25) is 0 Å². The Morgan fingerprint density at radius 1 is 1.12 bits per heavy atom. The number of aromatic nitrogens is 2. The van der Waals surface area contributed by atoms with Crippen molar-refractivity contribution in [1.82, 2.24) is 14.5 Å². The first-order chi connectivity index (χ1) is 15.6. The van der Waals surface area contributed by atoms with Crippen LogP contribution in [-0.4, -0.2) is 45.2 Å². The molecule has 1 aromatic heterocycles. The van der Waals surface area contributed by atoms with Crippen molar-refractivity contribution in [3.05, 3.63) is 80.2 Å². The lowest BCUT2D eigenvalue weighted by molar-refractivity contribution is -0.0791. The van der Waals surface area contributed by atoms with Crippen LogP contribution in [0.4, 0.5) is 4.39 Å². The second-order valence-electron chi connectivity index (χ2n) is 9.40. The molecular weight excluding hydrogens is 425 g/mol. The zero-order chi connectivity index (χ0) is 23.8. The first kappa shape index (κ1) is 22.9. The average Bonchev–Trinajstić information content (AvgIpc) is 2.77. The summed E-state index contributed by atoms with van der Waals surface area (Å²) in [5, 5.41) is 0.385. The molecule has 0 radical (unpaired) electrons. The molecule has 3 aromatic rings. The fraction of sp³-hybridized carbons (Fsp3) is 0.400. The minimum Gasteiger partial charge on any atom is -0.372 e. The van der Waals surface area contributed by atoms with E-state index in [1.54, 1.807) is 35.2 Å². The summed E-state index contributed by atoms with van der Waals surface area (Å²) in [5.74, 6) is -0.974. The molecule has 2 heterocycles. The number of para-hydroxylation sites is 1. The molecule has 0 unspecified atom stereocenters. The lowest BCUT2D eigenvalue weighted by atomic mass is 10.0. The van der Waals surface area contributed by atoms with Crippen LogP contribution >= 0.6 is 0 Å². The minimum absolute atomic E-state index is 0.0236. The van der Waals surface area contributed by atoms with Crippen LogP contribution in [0.1, 0.15) is 49.5 Å². The Bertz CT molecular complexity index is 1300. The van der Waals surface area contributed by atoms with E-state index in [1.165, 1.54) is 16.7 Å². The number of amides is 1. The normalized spacial score (nSPS) is 15.2. The van der Waals surface area contributed by atoms with Crippen molar-refractivity contribution in [1.29, 1.82) is 0 Å². The van der Waals surface area contributed by atoms with Crippen molar-refractivity contribution in [2.24, 2.45) is 0 Å². The van der Waals surface area contributed by atoms with E-state index in [1.807, 2.05) is 20.8 Å². The molecule has 0 spiro atoms. The number of H-pyrrole nitrogens is 1. The highest BCUT2D eigenvalue weighted by Gasteiger charge is 2.28. The molecule has 7 nitrogen and oxygen atoms in total. The van der Waals surface area contributed by atoms with Crippen molar-refractivity contribution in [3.8, 4) is 0 Å². The Hall–Kier alpha value is -3.26. The van der Waals surface area contributed by atoms with Crippen LogP contribution in [0, 0.1) is 5.82 Å². The molecule has 1 N–H and O–H groups in total. The van der Waals surface area contributed by atoms with E-state index in [0.717, 1.165) is 0 Å². The van der Waals surface area contributed by atoms with Crippen molar-refractivity contribution < 1.29 is 13.9 Å². The molecule has 0 saturated carbocycles. The van der Waals surface area contributed by atoms with Crippen LogP contribution in [0.15, 0.2) is 52.1 Å². The molecule has 0 bridgehead atoms. The quantitative estimate of drug-likeness (QED) is 0.657. The van der Waals surface area contributed by atoms with Gasteiger partial charge in [-0.05, 0) is 63.4 Å². The number of hydrogen-bond donors (Lipinski definition) is 1. The van der Waals surface area contributed by atoms with Crippen LogP contribution < -0.4 is 11.2 Å². The minimum atomic E-state index is -0.601. The Kier molecular flexibility index (Phi) is 6.21. The summed E-state index contributed by atoms with van der Waals surface area (Å²) in [6, 6.07) is 11.1. The van der Waals surface area contributed by atoms with Gasteiger partial charge in [-0.15, -0.1) is 0 Å². The molecular formula is C25H28FN3O4. The van der Waals surface area contributed by atoms with Crippen molar-refractivity contribution in [2.75, 3.05) is 13.1 Å². The highest BCUT2D eigenvalue weighted by molar-refractivity contribution is 5.94. The monoisotopic (exact) mass is 453 g/mol. The number of carbonyl (C=O) groups is 1. The number of benzene rings is 2. The van der Waals surface area contributed by atoms with Gasteiger partial charge < -0.3 is 9.64 Å². The Balaban J connectivity index is 1.56. The Morgan fingerprint density at radius 2 is 1.82 bits per heavy atom. The smallest absolute Gasteiger partial charge is 0.329 e. The maximum atomic E-state index is 14.6. The average molecular weight is 454 g/mol. The number of ether oxygens (including phenoxy) is 1. The number of nitrogens with zero attached hydrogens (tertiary/aromatic N) is 2. The van der Waals surface area contributed by atoms with Gasteiger partial charge in [0.15, 0.2) is 0 Å². The second-order valence-corrected chi connectivity index (χ2v) is 9.40. The van der Waals surface area contributed by atoms with Gasteiger partial charge in [-0.2, -0.15) is 0 Å². The summed E-state index contributed by atoms with van der Waals surface area (Å²) in [5.41, 5.74) is -0.224. The van der Waals surface area contributed by atoms with E-state index in [2.05, 4.69) is 4.98 Å². The molecule has 33 heavy (non-hydrogen) atoms. The molecule has 1 saturated heterocycles. The van der Waals surface area contributed by atoms with Gasteiger partial charge in [0, 0.05) is 13.1 Å². The van der Waals surface area contributed by atoms with Crippen LogP contribution in [0.2, 0.25) is 0 Å². The predicted octanol–water partition coefficient (Wildman–Crippen LogP) is 3.30. The standard InChI is InChI=1S/C25H28FN3O4/c1-25(2,3)33-17-10-12-28(13-11-17)23(31)19-14-16(8-9-20(19)26)15-29-21-7-5-4-6-18(21)22(30)27-24(29)32/h4-9,14,17H,10-13,15H2,1-3H3,(H,27,30,32). The molecule has 2 aromatic carbocycles. The maximum Gasteiger partial charge on any atom is 0.329 e. The molecule has 1 fully saturated rings. The fourth-order valence-electron chi connectivity index (χ4n) is 4.26. The van der Waals surface area contributed by atoms with E-state index in [9.17, 15) is 18.8 Å². The third kappa shape index (κ3) is 5.06. The number of fused-ring (bicyclic) bond motifs is 1. The second kappa shape index (κ2) is 8.94. The molecule has 1 aliphatic heterocycles. The van der Waals surface area contributed by atoms with Gasteiger partial charge in [-0.3, -0.25) is 19.1 Å². The lowest BCUT2D eigenvalue weighted by Crippen LogP contribution is -2.43. The van der Waals surface area contributed by atoms with Gasteiger partial charge >= 0.3 is 5.69 Å². The van der Waals surface area contributed by atoms with Gasteiger partial charge in [-0.25, -0.2) is 9.18 Å². The summed E-state index contributed by atoms with van der Waals surface area (Å²) < 4.78 is 22.0. The SMILES string of the molecule is CC(C)(C)OC1CCN(C(=O)c2cc(Cn3c(=O)[nH]c(=O)c4ccccc43)ccc2F)CC1. The number of piperidine rings is 1. The fourth-order valence-corrected chi connectivity index (χ4v) is 4.26. The van der Waals surface area contributed by atoms with Crippen LogP contribution in [0.3, 0.4) is 0 Å². The topological polar surface area (TPSA) is 84.4 Å². The van der Waals surface area contributed by atoms with E-state index in [0.29, 0.717) is 42.4 Å². The van der Waals surface area contributed by atoms with Crippen LogP contribution in [0.5, 0.6) is 0 Å². The van der Waals surface area contributed by atoms with Crippen molar-refractivity contribution in [2.45, 2.75) is 51.9 Å². The van der Waals surface area contributed by atoms with E-state index in [-0.39, 0.29) is 29.7 Å². The van der Waals surface area contributed by atoms with Gasteiger partial charge in [-0.1, -0.05) is 18.2 Å². The first-order valence-corrected chi connectivity index (χ1v) is 11.1. The lowest BCUT2D eigenvalue weighted by Gasteiger charge is -2.35. The number of rotatable bonds is 4. The van der Waals surface area contributed by atoms with E-state index >= 15 is 0 Å². The largest absolute Gasteiger partial charge is 0.372 e. The van der Waals surface area contributed by atoms with Gasteiger partial charge in [0.1, 0.15) is 5.82 Å². The zero-order valence-electron chi connectivity index (χ0n) is 19.1. The highest BCUT2D eigenvalue weighted by Crippen LogP contribution is 2.22. The maximum absolute atomic E-state index is 14.6. The van der Waals surface area contributed by atoms with E-state index in [4.69, 9.17) is 4.74 Å². The zero-order valence-corrected chi connectivity index (χ0v) is 19.1. The third-order valence-electron chi connectivity index (χ3n) is 5.76. The number of halogens is 1. The van der Waals surface area contributed by atoms with Crippen LogP contribution in [-0.2, 0) is 11.3 Å². The number of hydrogen-bond acceptors (Lipinski definition) is 4. The number of carbonyl (C=O) groups excluding carboxylic acids is 1. The summed E-state index contributed by atoms with van der Waals surface area (Å²) >= 11 is 0. The number of nitrogens with one attached hydrogen (secondary N) is 1. The highest BCUT2D eigenvalue weighted by atomic mass is 19.1. The van der Waals surface area contributed by atoms with Crippen molar-refractivity contribution in [3.63, 3.8) is 0 Å². The summed E-state index contributed by atoms with van der Waals surface area (Å²) in [6.07, 6.45) is 1.47. The summed E-state index contributed by atoms with van der Waals surface area (Å²) in [6.45, 7) is 7.09. The third-order valence-corrected chi connectivity index (χ3v) is 5.76. The number of likely N-dealkylation sites (tertiary alicyclic amines) is 1. The molecule has 0 atom stereocenters. The van der Waals surface area contributed by atoms with Crippen LogP contribution in [0.25, 0.3) is 10.9 Å². The summed E-state index contributed by atoms with van der Waals surface area (Å²) in [7, 11) is 0.